The van der Waals surface area contributed by atoms with Crippen LogP contribution in [0, 0.1) is 5.41 Å². The van der Waals surface area contributed by atoms with Gasteiger partial charge < -0.3 is 4.90 Å². The molecule has 1 amide bonds. The zero-order valence-corrected chi connectivity index (χ0v) is 17.9. The maximum absolute atomic E-state index is 14.2. The summed E-state index contributed by atoms with van der Waals surface area (Å²) in [5.74, 6) is 0.193. The molecule has 4 rings (SSSR count). The number of hydrogen-bond acceptors (Lipinski definition) is 1. The lowest BCUT2D eigenvalue weighted by molar-refractivity contribution is -0.143. The van der Waals surface area contributed by atoms with Crippen LogP contribution < -0.4 is 0 Å². The zero-order chi connectivity index (χ0) is 21.5. The van der Waals surface area contributed by atoms with Crippen molar-refractivity contribution in [2.45, 2.75) is 31.8 Å². The van der Waals surface area contributed by atoms with E-state index >= 15 is 0 Å². The van der Waals surface area contributed by atoms with Gasteiger partial charge in [0.1, 0.15) is 0 Å². The van der Waals surface area contributed by atoms with E-state index in [1.54, 1.807) is 0 Å². The van der Waals surface area contributed by atoms with E-state index in [1.807, 2.05) is 65.6 Å². The highest BCUT2D eigenvalue weighted by Crippen LogP contribution is 2.37. The fourth-order valence-corrected chi connectivity index (χ4v) is 4.50. The van der Waals surface area contributed by atoms with E-state index in [0.717, 1.165) is 12.0 Å². The van der Waals surface area contributed by atoms with Gasteiger partial charge >= 0.3 is 0 Å². The summed E-state index contributed by atoms with van der Waals surface area (Å²) in [7, 11) is 0. The summed E-state index contributed by atoms with van der Waals surface area (Å²) in [6, 6.07) is 31.0. The monoisotopic (exact) mass is 407 g/mol. The Kier molecular flexibility index (Phi) is 6.47. The summed E-state index contributed by atoms with van der Waals surface area (Å²) < 4.78 is 0. The van der Waals surface area contributed by atoms with Crippen LogP contribution in [0.15, 0.2) is 116 Å². The molecule has 0 aliphatic carbocycles. The molecule has 3 aromatic rings. The minimum absolute atomic E-state index is 0.0323. The number of carbonyl (C=O) groups is 1. The summed E-state index contributed by atoms with van der Waals surface area (Å²) in [5.41, 5.74) is 2.90. The molecular weight excluding hydrogens is 378 g/mol. The topological polar surface area (TPSA) is 20.3 Å². The van der Waals surface area contributed by atoms with Crippen LogP contribution in [0.5, 0.6) is 0 Å². The van der Waals surface area contributed by atoms with Gasteiger partial charge in [0.2, 0.25) is 5.91 Å². The predicted octanol–water partition coefficient (Wildman–Crippen LogP) is 6.00. The standard InChI is InChI=1S/C29H29NO/c1-2-12-27-19-20-29(21-24-13-6-3-7-14-24,22-25-15-8-4-9-16-25)28(31)30(27)23-26-17-10-5-11-18-26/h2-11,13-20,27H,1,12,21-23H2. The summed E-state index contributed by atoms with van der Waals surface area (Å²) >= 11 is 0. The van der Waals surface area contributed by atoms with Crippen LogP contribution >= 0.6 is 0 Å². The maximum atomic E-state index is 14.2. The smallest absolute Gasteiger partial charge is 0.234 e. The first-order valence-electron chi connectivity index (χ1n) is 10.9. The Morgan fingerprint density at radius 1 is 0.774 bits per heavy atom. The van der Waals surface area contributed by atoms with Crippen molar-refractivity contribution >= 4 is 5.91 Å². The zero-order valence-electron chi connectivity index (χ0n) is 17.9. The van der Waals surface area contributed by atoms with Gasteiger partial charge in [-0.25, -0.2) is 0 Å². The molecule has 1 heterocycles. The normalized spacial score (nSPS) is 17.5. The van der Waals surface area contributed by atoms with E-state index in [2.05, 4.69) is 55.1 Å². The highest BCUT2D eigenvalue weighted by atomic mass is 16.2. The van der Waals surface area contributed by atoms with E-state index in [0.29, 0.717) is 19.4 Å². The molecule has 3 aromatic carbocycles. The van der Waals surface area contributed by atoms with Crippen molar-refractivity contribution in [3.05, 3.63) is 132 Å². The van der Waals surface area contributed by atoms with Gasteiger partial charge in [-0.15, -0.1) is 6.58 Å². The molecule has 1 aliphatic rings. The van der Waals surface area contributed by atoms with Crippen LogP contribution in [-0.4, -0.2) is 16.8 Å². The van der Waals surface area contributed by atoms with Crippen molar-refractivity contribution in [3.63, 3.8) is 0 Å². The molecule has 0 aromatic heterocycles. The largest absolute Gasteiger partial charge is 0.331 e. The molecule has 2 nitrogen and oxygen atoms in total. The van der Waals surface area contributed by atoms with Gasteiger partial charge in [-0.05, 0) is 36.0 Å². The number of hydrogen-bond donors (Lipinski definition) is 0. The minimum atomic E-state index is -0.602. The van der Waals surface area contributed by atoms with Crippen molar-refractivity contribution in [1.82, 2.24) is 4.90 Å². The van der Waals surface area contributed by atoms with Crippen LogP contribution in [0.25, 0.3) is 0 Å². The van der Waals surface area contributed by atoms with Crippen molar-refractivity contribution in [2.75, 3.05) is 0 Å². The van der Waals surface area contributed by atoms with E-state index in [1.165, 1.54) is 11.1 Å². The summed E-state index contributed by atoms with van der Waals surface area (Å²) in [6.45, 7) is 4.53. The number of amides is 1. The number of benzene rings is 3. The second-order valence-electron chi connectivity index (χ2n) is 8.35. The lowest BCUT2D eigenvalue weighted by Crippen LogP contribution is -2.52. The minimum Gasteiger partial charge on any atom is -0.331 e. The lowest BCUT2D eigenvalue weighted by atomic mass is 9.72. The molecule has 0 bridgehead atoms. The van der Waals surface area contributed by atoms with E-state index in [-0.39, 0.29) is 11.9 Å². The fourth-order valence-electron chi connectivity index (χ4n) is 4.50. The molecule has 1 unspecified atom stereocenters. The van der Waals surface area contributed by atoms with Gasteiger partial charge in [-0.3, -0.25) is 4.79 Å². The second-order valence-corrected chi connectivity index (χ2v) is 8.35. The van der Waals surface area contributed by atoms with Crippen molar-refractivity contribution in [3.8, 4) is 0 Å². The van der Waals surface area contributed by atoms with Gasteiger partial charge in [0.05, 0.1) is 11.5 Å². The second kappa shape index (κ2) is 9.61. The van der Waals surface area contributed by atoms with Gasteiger partial charge in [-0.2, -0.15) is 0 Å². The average Bonchev–Trinajstić information content (AvgIpc) is 2.81. The molecule has 2 heteroatoms. The van der Waals surface area contributed by atoms with Gasteiger partial charge in [0.25, 0.3) is 0 Å². The van der Waals surface area contributed by atoms with Crippen LogP contribution in [0.4, 0.5) is 0 Å². The molecule has 1 aliphatic heterocycles. The Morgan fingerprint density at radius 3 is 1.74 bits per heavy atom. The first-order valence-corrected chi connectivity index (χ1v) is 10.9. The van der Waals surface area contributed by atoms with Crippen LogP contribution in [0.2, 0.25) is 0 Å². The number of carbonyl (C=O) groups excluding carboxylic acids is 1. The SMILES string of the molecule is C=CCC1C=CC(Cc2ccccc2)(Cc2ccccc2)C(=O)N1Cc1ccccc1. The third kappa shape index (κ3) is 4.86. The quantitative estimate of drug-likeness (QED) is 0.419. The molecule has 1 atom stereocenters. The van der Waals surface area contributed by atoms with E-state index < -0.39 is 5.41 Å². The summed E-state index contributed by atoms with van der Waals surface area (Å²) in [6.07, 6.45) is 8.42. The molecule has 0 saturated carbocycles. The van der Waals surface area contributed by atoms with Crippen molar-refractivity contribution in [2.24, 2.45) is 5.41 Å². The Morgan fingerprint density at radius 2 is 1.26 bits per heavy atom. The lowest BCUT2D eigenvalue weighted by Gasteiger charge is -2.43. The van der Waals surface area contributed by atoms with Crippen LogP contribution in [0.3, 0.4) is 0 Å². The van der Waals surface area contributed by atoms with Gasteiger partial charge in [-0.1, -0.05) is 109 Å². The van der Waals surface area contributed by atoms with Crippen LogP contribution in [0.1, 0.15) is 23.1 Å². The molecule has 156 valence electrons. The molecule has 0 saturated heterocycles. The Balaban J connectivity index is 1.74. The molecule has 0 spiro atoms. The fraction of sp³-hybridized carbons (Fsp3) is 0.207. The van der Waals surface area contributed by atoms with Crippen molar-refractivity contribution < 1.29 is 4.79 Å². The molecule has 0 radical (unpaired) electrons. The average molecular weight is 408 g/mol. The highest BCUT2D eigenvalue weighted by molar-refractivity contribution is 5.87. The van der Waals surface area contributed by atoms with Gasteiger partial charge in [0, 0.05) is 6.54 Å². The van der Waals surface area contributed by atoms with Crippen molar-refractivity contribution in [1.29, 1.82) is 0 Å². The van der Waals surface area contributed by atoms with E-state index in [4.69, 9.17) is 0 Å². The Hall–Kier alpha value is -3.39. The van der Waals surface area contributed by atoms with E-state index in [9.17, 15) is 4.79 Å². The molecule has 0 fully saturated rings. The Bertz CT molecular complexity index is 983. The first-order chi connectivity index (χ1) is 15.2. The predicted molar refractivity (Wildman–Crippen MR) is 127 cm³/mol. The summed E-state index contributed by atoms with van der Waals surface area (Å²) in [5, 5.41) is 0. The third-order valence-corrected chi connectivity index (χ3v) is 6.05. The van der Waals surface area contributed by atoms with Gasteiger partial charge in [0.15, 0.2) is 0 Å². The Labute approximate surface area is 185 Å². The molecular formula is C29H29NO. The highest BCUT2D eigenvalue weighted by Gasteiger charge is 2.43. The third-order valence-electron chi connectivity index (χ3n) is 6.05. The maximum Gasteiger partial charge on any atom is 0.234 e. The first kappa shape index (κ1) is 20.9. The number of rotatable bonds is 8. The number of nitrogens with zero attached hydrogens (tertiary/aromatic N) is 1. The molecule has 0 N–H and O–H groups in total. The van der Waals surface area contributed by atoms with Crippen LogP contribution in [-0.2, 0) is 24.2 Å². The molecule has 31 heavy (non-hydrogen) atoms. The summed E-state index contributed by atoms with van der Waals surface area (Å²) in [4.78, 5) is 16.2.